The van der Waals surface area contributed by atoms with E-state index in [9.17, 15) is 4.79 Å². The summed E-state index contributed by atoms with van der Waals surface area (Å²) >= 11 is 8.06. The standard InChI is InChI=1S/C26H23ClN4O2S/c1-33-19-7-8-22-20(12-19)25(21(27)14-29-22)17-4-2-16(3-5-17)10-11-28-13-18-6-9-23-26(30-18)31-24(32)15-34-23/h2-9,12,14,28H,10-11,13,15H2,1H3,(H,30,31,32). The Morgan fingerprint density at radius 2 is 2.00 bits per heavy atom. The Kier molecular flexibility index (Phi) is 6.67. The first-order chi connectivity index (χ1) is 16.6. The number of hydrogen-bond acceptors (Lipinski definition) is 6. The third kappa shape index (κ3) is 4.87. The van der Waals surface area contributed by atoms with Gasteiger partial charge in [-0.2, -0.15) is 0 Å². The topological polar surface area (TPSA) is 76.1 Å². The number of hydrogen-bond donors (Lipinski definition) is 2. The summed E-state index contributed by atoms with van der Waals surface area (Å²) in [6.45, 7) is 1.46. The van der Waals surface area contributed by atoms with Gasteiger partial charge in [-0.1, -0.05) is 35.9 Å². The summed E-state index contributed by atoms with van der Waals surface area (Å²) in [5, 5.41) is 7.85. The normalized spacial score (nSPS) is 12.9. The number of nitrogens with one attached hydrogen (secondary N) is 2. The number of thioether (sulfide) groups is 1. The fourth-order valence-corrected chi connectivity index (χ4v) is 4.97. The molecule has 0 spiro atoms. The van der Waals surface area contributed by atoms with Crippen molar-refractivity contribution < 1.29 is 9.53 Å². The quantitative estimate of drug-likeness (QED) is 0.341. The maximum atomic E-state index is 11.6. The molecule has 2 N–H and O–H groups in total. The summed E-state index contributed by atoms with van der Waals surface area (Å²) < 4.78 is 5.39. The Bertz CT molecular complexity index is 1360. The molecule has 0 saturated heterocycles. The highest BCUT2D eigenvalue weighted by Crippen LogP contribution is 2.36. The van der Waals surface area contributed by atoms with Crippen molar-refractivity contribution in [1.29, 1.82) is 0 Å². The van der Waals surface area contributed by atoms with Gasteiger partial charge in [-0.05, 0) is 54.4 Å². The van der Waals surface area contributed by atoms with E-state index in [4.69, 9.17) is 16.3 Å². The first-order valence-electron chi connectivity index (χ1n) is 11.0. The number of carbonyl (C=O) groups excluding carboxylic acids is 1. The highest BCUT2D eigenvalue weighted by atomic mass is 35.5. The Morgan fingerprint density at radius 1 is 1.15 bits per heavy atom. The van der Waals surface area contributed by atoms with Crippen molar-refractivity contribution >= 4 is 46.0 Å². The molecule has 0 unspecified atom stereocenters. The minimum Gasteiger partial charge on any atom is -0.497 e. The number of aromatic nitrogens is 2. The van der Waals surface area contributed by atoms with Crippen molar-refractivity contribution in [3.63, 3.8) is 0 Å². The van der Waals surface area contributed by atoms with Crippen LogP contribution in [0.3, 0.4) is 0 Å². The van der Waals surface area contributed by atoms with Crippen molar-refractivity contribution in [2.45, 2.75) is 17.9 Å². The van der Waals surface area contributed by atoms with Crippen LogP contribution < -0.4 is 15.4 Å². The van der Waals surface area contributed by atoms with Crippen molar-refractivity contribution in [3.8, 4) is 16.9 Å². The molecule has 0 saturated carbocycles. The third-order valence-electron chi connectivity index (χ3n) is 5.70. The number of anilines is 1. The summed E-state index contributed by atoms with van der Waals surface area (Å²) in [7, 11) is 1.65. The zero-order valence-electron chi connectivity index (χ0n) is 18.6. The molecule has 8 heteroatoms. The van der Waals surface area contributed by atoms with Crippen LogP contribution in [0.25, 0.3) is 22.0 Å². The van der Waals surface area contributed by atoms with Gasteiger partial charge in [-0.3, -0.25) is 9.78 Å². The van der Waals surface area contributed by atoms with Gasteiger partial charge in [0.15, 0.2) is 0 Å². The Balaban J connectivity index is 1.23. The molecule has 0 radical (unpaired) electrons. The SMILES string of the molecule is COc1ccc2ncc(Cl)c(-c3ccc(CCNCc4ccc5c(n4)NC(=O)CS5)cc3)c2c1. The van der Waals surface area contributed by atoms with Crippen LogP contribution in [0, 0.1) is 0 Å². The van der Waals surface area contributed by atoms with Gasteiger partial charge >= 0.3 is 0 Å². The van der Waals surface area contributed by atoms with Crippen LogP contribution in [-0.2, 0) is 17.8 Å². The second kappa shape index (κ2) is 10.0. The van der Waals surface area contributed by atoms with Gasteiger partial charge in [0.05, 0.1) is 34.0 Å². The molecule has 0 bridgehead atoms. The molecule has 0 fully saturated rings. The average Bonchev–Trinajstić information content (AvgIpc) is 2.86. The third-order valence-corrected chi connectivity index (χ3v) is 7.03. The van der Waals surface area contributed by atoms with E-state index in [1.165, 1.54) is 17.3 Å². The smallest absolute Gasteiger partial charge is 0.235 e. The van der Waals surface area contributed by atoms with E-state index in [-0.39, 0.29) is 5.91 Å². The maximum Gasteiger partial charge on any atom is 0.235 e. The monoisotopic (exact) mass is 490 g/mol. The van der Waals surface area contributed by atoms with Crippen LogP contribution in [0.1, 0.15) is 11.3 Å². The second-order valence-corrected chi connectivity index (χ2v) is 9.40. The van der Waals surface area contributed by atoms with Gasteiger partial charge in [0, 0.05) is 23.7 Å². The van der Waals surface area contributed by atoms with Crippen molar-refractivity contribution in [1.82, 2.24) is 15.3 Å². The van der Waals surface area contributed by atoms with Crippen LogP contribution in [0.4, 0.5) is 5.82 Å². The molecule has 2 aromatic carbocycles. The molecular formula is C26H23ClN4O2S. The summed E-state index contributed by atoms with van der Waals surface area (Å²) in [4.78, 5) is 21.6. The number of carbonyl (C=O) groups is 1. The van der Waals surface area contributed by atoms with Crippen molar-refractivity contribution in [2.75, 3.05) is 24.7 Å². The summed E-state index contributed by atoms with van der Waals surface area (Å²) in [5.74, 6) is 1.88. The molecule has 172 valence electrons. The highest BCUT2D eigenvalue weighted by Gasteiger charge is 2.16. The lowest BCUT2D eigenvalue weighted by Gasteiger charge is -2.16. The number of benzene rings is 2. The lowest BCUT2D eigenvalue weighted by atomic mass is 9.99. The zero-order valence-corrected chi connectivity index (χ0v) is 20.2. The fraction of sp³-hybridized carbons (Fsp3) is 0.192. The van der Waals surface area contributed by atoms with E-state index < -0.39 is 0 Å². The molecule has 5 rings (SSSR count). The van der Waals surface area contributed by atoms with Gasteiger partial charge in [0.25, 0.3) is 0 Å². The highest BCUT2D eigenvalue weighted by molar-refractivity contribution is 8.00. The molecule has 4 aromatic rings. The van der Waals surface area contributed by atoms with Gasteiger partial charge in [-0.25, -0.2) is 4.98 Å². The molecular weight excluding hydrogens is 468 g/mol. The Morgan fingerprint density at radius 3 is 2.82 bits per heavy atom. The average molecular weight is 491 g/mol. The van der Waals surface area contributed by atoms with E-state index in [0.29, 0.717) is 23.1 Å². The second-order valence-electron chi connectivity index (χ2n) is 7.97. The number of halogens is 1. The van der Waals surface area contributed by atoms with E-state index in [2.05, 4.69) is 44.9 Å². The lowest BCUT2D eigenvalue weighted by Crippen LogP contribution is -2.22. The molecule has 2 aromatic heterocycles. The van der Waals surface area contributed by atoms with E-state index in [1.807, 2.05) is 30.3 Å². The van der Waals surface area contributed by atoms with Gasteiger partial charge in [-0.15, -0.1) is 11.8 Å². The number of rotatable bonds is 7. The number of ether oxygens (including phenoxy) is 1. The summed E-state index contributed by atoms with van der Waals surface area (Å²) in [6, 6.07) is 18.3. The first-order valence-corrected chi connectivity index (χ1v) is 12.3. The molecule has 34 heavy (non-hydrogen) atoms. The maximum absolute atomic E-state index is 11.6. The van der Waals surface area contributed by atoms with Crippen molar-refractivity contribution in [3.05, 3.63) is 77.1 Å². The Labute approximate surface area is 207 Å². The zero-order chi connectivity index (χ0) is 23.5. The predicted molar refractivity (Wildman–Crippen MR) is 138 cm³/mol. The first kappa shape index (κ1) is 22.7. The minimum absolute atomic E-state index is 0.00116. The largest absolute Gasteiger partial charge is 0.497 e. The lowest BCUT2D eigenvalue weighted by molar-refractivity contribution is -0.113. The van der Waals surface area contributed by atoms with Crippen molar-refractivity contribution in [2.24, 2.45) is 0 Å². The molecule has 3 heterocycles. The van der Waals surface area contributed by atoms with Crippen LogP contribution in [0.2, 0.25) is 5.02 Å². The predicted octanol–water partition coefficient (Wildman–Crippen LogP) is 5.34. The summed E-state index contributed by atoms with van der Waals surface area (Å²) in [5.41, 5.74) is 5.01. The fourth-order valence-electron chi connectivity index (χ4n) is 3.96. The number of methoxy groups -OCH3 is 1. The van der Waals surface area contributed by atoms with Crippen LogP contribution in [0.5, 0.6) is 5.75 Å². The van der Waals surface area contributed by atoms with Gasteiger partial charge in [0.2, 0.25) is 5.91 Å². The van der Waals surface area contributed by atoms with Crippen LogP contribution >= 0.6 is 23.4 Å². The van der Waals surface area contributed by atoms with Gasteiger partial charge in [0.1, 0.15) is 11.6 Å². The van der Waals surface area contributed by atoms with Gasteiger partial charge < -0.3 is 15.4 Å². The number of nitrogens with zero attached hydrogens (tertiary/aromatic N) is 2. The minimum atomic E-state index is -0.00116. The van der Waals surface area contributed by atoms with E-state index >= 15 is 0 Å². The molecule has 1 aliphatic rings. The van der Waals surface area contributed by atoms with Crippen LogP contribution in [0.15, 0.2) is 65.7 Å². The molecule has 1 aliphatic heterocycles. The number of pyridine rings is 2. The van der Waals surface area contributed by atoms with E-state index in [0.717, 1.165) is 51.3 Å². The Hall–Kier alpha value is -3.13. The summed E-state index contributed by atoms with van der Waals surface area (Å²) in [6.07, 6.45) is 2.58. The molecule has 6 nitrogen and oxygen atoms in total. The molecule has 1 amide bonds. The van der Waals surface area contributed by atoms with E-state index in [1.54, 1.807) is 13.3 Å². The number of fused-ring (bicyclic) bond motifs is 2. The number of amides is 1. The molecule has 0 aliphatic carbocycles. The molecule has 0 atom stereocenters. The van der Waals surface area contributed by atoms with Crippen LogP contribution in [-0.4, -0.2) is 35.3 Å².